The molecule has 1 aromatic carbocycles. The van der Waals surface area contributed by atoms with E-state index in [0.29, 0.717) is 0 Å². The second-order valence-corrected chi connectivity index (χ2v) is 6.80. The van der Waals surface area contributed by atoms with Crippen LogP contribution >= 0.6 is 0 Å². The first kappa shape index (κ1) is 14.9. The van der Waals surface area contributed by atoms with Crippen molar-refractivity contribution < 1.29 is 9.47 Å². The van der Waals surface area contributed by atoms with Gasteiger partial charge in [-0.25, -0.2) is 4.98 Å². The lowest BCUT2D eigenvalue weighted by atomic mass is 9.66. The lowest BCUT2D eigenvalue weighted by Gasteiger charge is -2.44. The van der Waals surface area contributed by atoms with Crippen LogP contribution in [-0.4, -0.2) is 28.6 Å². The van der Waals surface area contributed by atoms with Crippen molar-refractivity contribution in [3.63, 3.8) is 0 Å². The summed E-state index contributed by atoms with van der Waals surface area (Å²) in [7, 11) is 0. The molecule has 2 aromatic rings. The van der Waals surface area contributed by atoms with Gasteiger partial charge in [0.05, 0.1) is 19.5 Å². The fourth-order valence-corrected chi connectivity index (χ4v) is 4.13. The monoisotopic (exact) mass is 312 g/mol. The van der Waals surface area contributed by atoms with Crippen molar-refractivity contribution in [3.05, 3.63) is 54.6 Å². The molecule has 0 unspecified atom stereocenters. The van der Waals surface area contributed by atoms with E-state index in [9.17, 15) is 0 Å². The Kier molecular flexibility index (Phi) is 3.95. The number of hydrogen-bond acceptors (Lipinski definition) is 3. The maximum atomic E-state index is 5.92. The van der Waals surface area contributed by atoms with Gasteiger partial charge in [-0.1, -0.05) is 30.3 Å². The molecule has 4 rings (SSSR count). The zero-order chi connectivity index (χ0) is 15.6. The Morgan fingerprint density at radius 1 is 1.00 bits per heavy atom. The third-order valence-corrected chi connectivity index (χ3v) is 5.58. The van der Waals surface area contributed by atoms with E-state index in [1.165, 1.54) is 5.56 Å². The summed E-state index contributed by atoms with van der Waals surface area (Å²) in [6, 6.07) is 11.0. The van der Waals surface area contributed by atoms with Gasteiger partial charge in [-0.05, 0) is 30.2 Å². The molecule has 1 saturated heterocycles. The minimum Gasteiger partial charge on any atom is -0.348 e. The topological polar surface area (TPSA) is 36.3 Å². The number of rotatable bonds is 4. The van der Waals surface area contributed by atoms with Gasteiger partial charge >= 0.3 is 0 Å². The highest BCUT2D eigenvalue weighted by Gasteiger charge is 2.46. The minimum atomic E-state index is -0.298. The van der Waals surface area contributed by atoms with Crippen LogP contribution in [0.5, 0.6) is 0 Å². The molecule has 4 nitrogen and oxygen atoms in total. The number of hydrogen-bond donors (Lipinski definition) is 0. The van der Waals surface area contributed by atoms with Gasteiger partial charge in [0.15, 0.2) is 5.79 Å². The van der Waals surface area contributed by atoms with E-state index in [-0.39, 0.29) is 11.2 Å². The molecule has 0 radical (unpaired) electrons. The summed E-state index contributed by atoms with van der Waals surface area (Å²) in [5.74, 6) is -0.298. The van der Waals surface area contributed by atoms with Crippen molar-refractivity contribution in [2.75, 3.05) is 13.2 Å². The van der Waals surface area contributed by atoms with Crippen LogP contribution in [0.1, 0.15) is 37.7 Å². The summed E-state index contributed by atoms with van der Waals surface area (Å²) in [5.41, 5.74) is 1.67. The van der Waals surface area contributed by atoms with Crippen LogP contribution in [0.3, 0.4) is 0 Å². The first-order valence-electron chi connectivity index (χ1n) is 8.60. The smallest absolute Gasteiger partial charge is 0.168 e. The van der Waals surface area contributed by atoms with Crippen molar-refractivity contribution >= 4 is 0 Å². The maximum absolute atomic E-state index is 5.92. The average Bonchev–Trinajstić information content (AvgIpc) is 3.28. The number of ether oxygens (including phenoxy) is 2. The largest absolute Gasteiger partial charge is 0.348 e. The molecule has 0 bridgehead atoms. The van der Waals surface area contributed by atoms with E-state index < -0.39 is 0 Å². The molecule has 2 heterocycles. The fraction of sp³-hybridized carbons (Fsp3) is 0.526. The highest BCUT2D eigenvalue weighted by atomic mass is 16.7. The van der Waals surface area contributed by atoms with Gasteiger partial charge in [-0.2, -0.15) is 0 Å². The van der Waals surface area contributed by atoms with E-state index in [1.807, 2.05) is 18.7 Å². The average molecular weight is 312 g/mol. The lowest BCUT2D eigenvalue weighted by Crippen LogP contribution is -2.42. The van der Waals surface area contributed by atoms with Gasteiger partial charge in [-0.15, -0.1) is 0 Å². The van der Waals surface area contributed by atoms with Crippen LogP contribution < -0.4 is 0 Å². The van der Waals surface area contributed by atoms with E-state index in [0.717, 1.165) is 51.9 Å². The molecule has 0 amide bonds. The van der Waals surface area contributed by atoms with Gasteiger partial charge in [0.2, 0.25) is 0 Å². The Labute approximate surface area is 137 Å². The van der Waals surface area contributed by atoms with Crippen molar-refractivity contribution in [1.82, 2.24) is 9.55 Å². The Bertz CT molecular complexity index is 608. The van der Waals surface area contributed by atoms with E-state index in [1.54, 1.807) is 0 Å². The molecule has 1 aromatic heterocycles. The van der Waals surface area contributed by atoms with Gasteiger partial charge in [0.25, 0.3) is 0 Å². The molecule has 2 aliphatic rings. The Morgan fingerprint density at radius 3 is 2.39 bits per heavy atom. The Morgan fingerprint density at radius 2 is 1.74 bits per heavy atom. The summed E-state index contributed by atoms with van der Waals surface area (Å²) in [6.45, 7) is 2.49. The summed E-state index contributed by atoms with van der Waals surface area (Å²) >= 11 is 0. The molecule has 1 spiro atoms. The Balaban J connectivity index is 1.55. The number of imidazole rings is 1. The van der Waals surface area contributed by atoms with Gasteiger partial charge in [0, 0.05) is 31.8 Å². The van der Waals surface area contributed by atoms with Crippen molar-refractivity contribution in [2.24, 2.45) is 0 Å². The van der Waals surface area contributed by atoms with E-state index in [4.69, 9.17) is 9.47 Å². The van der Waals surface area contributed by atoms with Gasteiger partial charge in [0.1, 0.15) is 0 Å². The molecule has 23 heavy (non-hydrogen) atoms. The fourth-order valence-electron chi connectivity index (χ4n) is 4.13. The van der Waals surface area contributed by atoms with Crippen LogP contribution in [0.25, 0.3) is 0 Å². The van der Waals surface area contributed by atoms with E-state index >= 15 is 0 Å². The van der Waals surface area contributed by atoms with Crippen LogP contribution in [0.4, 0.5) is 0 Å². The predicted octanol–water partition coefficient (Wildman–Crippen LogP) is 3.53. The first-order valence-corrected chi connectivity index (χ1v) is 8.60. The lowest BCUT2D eigenvalue weighted by molar-refractivity contribution is -0.185. The summed E-state index contributed by atoms with van der Waals surface area (Å²) in [4.78, 5) is 4.16. The molecule has 0 atom stereocenters. The molecular formula is C19H24N2O2. The number of aryl methyl sites for hydroxylation is 1. The molecule has 0 N–H and O–H groups in total. The predicted molar refractivity (Wildman–Crippen MR) is 88.1 cm³/mol. The standard InChI is InChI=1S/C19H24N2O2/c1-2-4-17(5-3-1)18(10-12-21-13-11-20-16-21)6-8-19(9-7-18)22-14-15-23-19/h1-5,11,13,16H,6-10,12,14-15H2. The second-order valence-electron chi connectivity index (χ2n) is 6.80. The summed E-state index contributed by atoms with van der Waals surface area (Å²) in [6.07, 6.45) is 11.2. The van der Waals surface area contributed by atoms with Crippen molar-refractivity contribution in [3.8, 4) is 0 Å². The van der Waals surface area contributed by atoms with Gasteiger partial charge < -0.3 is 14.0 Å². The van der Waals surface area contributed by atoms with Gasteiger partial charge in [-0.3, -0.25) is 0 Å². The van der Waals surface area contributed by atoms with Crippen molar-refractivity contribution in [1.29, 1.82) is 0 Å². The quantitative estimate of drug-likeness (QED) is 0.866. The molecule has 1 aliphatic heterocycles. The van der Waals surface area contributed by atoms with Crippen LogP contribution in [-0.2, 0) is 21.4 Å². The molecule has 2 fully saturated rings. The number of benzene rings is 1. The zero-order valence-electron chi connectivity index (χ0n) is 13.5. The second kappa shape index (κ2) is 6.10. The van der Waals surface area contributed by atoms with Crippen molar-refractivity contribution in [2.45, 2.75) is 49.9 Å². The van der Waals surface area contributed by atoms with Crippen LogP contribution in [0.2, 0.25) is 0 Å². The summed E-state index contributed by atoms with van der Waals surface area (Å²) in [5, 5.41) is 0. The maximum Gasteiger partial charge on any atom is 0.168 e. The number of aromatic nitrogens is 2. The molecular weight excluding hydrogens is 288 g/mol. The highest BCUT2D eigenvalue weighted by Crippen LogP contribution is 2.48. The van der Waals surface area contributed by atoms with E-state index in [2.05, 4.69) is 39.9 Å². The minimum absolute atomic E-state index is 0.214. The zero-order valence-corrected chi connectivity index (χ0v) is 13.5. The summed E-state index contributed by atoms with van der Waals surface area (Å²) < 4.78 is 14.0. The number of nitrogens with zero attached hydrogens (tertiary/aromatic N) is 2. The molecule has 4 heteroatoms. The highest BCUT2D eigenvalue weighted by molar-refractivity contribution is 5.26. The SMILES string of the molecule is c1ccc(C2(CCn3ccnc3)CCC3(CC2)OCCO3)cc1. The van der Waals surface area contributed by atoms with Crippen LogP contribution in [0, 0.1) is 0 Å². The molecule has 1 aliphatic carbocycles. The third kappa shape index (κ3) is 2.93. The normalized spacial score (nSPS) is 22.4. The third-order valence-electron chi connectivity index (χ3n) is 5.58. The Hall–Kier alpha value is -1.65. The first-order chi connectivity index (χ1) is 11.3. The van der Waals surface area contributed by atoms with Crippen LogP contribution in [0.15, 0.2) is 49.1 Å². The molecule has 1 saturated carbocycles. The molecule has 122 valence electrons.